The standard InChI is InChI=1S/C7H5BrClNO2/c8-4-2-6(10)3(7(11)12)1-5(4)9/h1-2H,10H2,(H,11,12)/i7+1. The van der Waals surface area contributed by atoms with Gasteiger partial charge in [0.1, 0.15) is 0 Å². The molecule has 3 nitrogen and oxygen atoms in total. The van der Waals surface area contributed by atoms with Crippen LogP contribution in [0.5, 0.6) is 0 Å². The van der Waals surface area contributed by atoms with Crippen LogP contribution in [0, 0.1) is 0 Å². The zero-order chi connectivity index (χ0) is 9.30. The van der Waals surface area contributed by atoms with E-state index in [0.717, 1.165) is 0 Å². The van der Waals surface area contributed by atoms with Crippen molar-refractivity contribution in [3.63, 3.8) is 0 Å². The van der Waals surface area contributed by atoms with Gasteiger partial charge in [0.15, 0.2) is 0 Å². The van der Waals surface area contributed by atoms with Crippen molar-refractivity contribution in [3.8, 4) is 0 Å². The molecule has 0 bridgehead atoms. The van der Waals surface area contributed by atoms with Crippen LogP contribution < -0.4 is 5.73 Å². The smallest absolute Gasteiger partial charge is 0.337 e. The molecule has 0 amide bonds. The van der Waals surface area contributed by atoms with E-state index in [9.17, 15) is 4.79 Å². The minimum atomic E-state index is -1.08. The summed E-state index contributed by atoms with van der Waals surface area (Å²) in [6.45, 7) is 0. The molecule has 0 heterocycles. The molecule has 0 spiro atoms. The molecule has 0 atom stereocenters. The SMILES string of the molecule is Nc1cc(Br)c(Cl)cc1[13C](=O)O. The lowest BCUT2D eigenvalue weighted by Crippen LogP contribution is -2.02. The number of hydrogen-bond acceptors (Lipinski definition) is 2. The van der Waals surface area contributed by atoms with Crippen molar-refractivity contribution in [1.29, 1.82) is 0 Å². The quantitative estimate of drug-likeness (QED) is 0.595. The predicted molar refractivity (Wildman–Crippen MR) is 50.5 cm³/mol. The summed E-state index contributed by atoms with van der Waals surface area (Å²) in [7, 11) is 0. The Morgan fingerprint density at radius 2 is 2.17 bits per heavy atom. The fourth-order valence-corrected chi connectivity index (χ4v) is 1.27. The molecular formula is C7H5BrClNO2. The van der Waals surface area contributed by atoms with Gasteiger partial charge in [-0.3, -0.25) is 0 Å². The summed E-state index contributed by atoms with van der Waals surface area (Å²) in [5.74, 6) is -1.08. The lowest BCUT2D eigenvalue weighted by atomic mass is 10.2. The van der Waals surface area contributed by atoms with Crippen molar-refractivity contribution in [2.45, 2.75) is 0 Å². The van der Waals surface area contributed by atoms with E-state index in [1.807, 2.05) is 0 Å². The molecular weight excluding hydrogens is 246 g/mol. The Morgan fingerprint density at radius 1 is 1.58 bits per heavy atom. The van der Waals surface area contributed by atoms with Crippen LogP contribution in [0.4, 0.5) is 5.69 Å². The number of carbonyl (C=O) groups is 1. The number of rotatable bonds is 1. The van der Waals surface area contributed by atoms with Crippen LogP contribution in [0.15, 0.2) is 16.6 Å². The Hall–Kier alpha value is -0.740. The first-order valence-electron chi connectivity index (χ1n) is 3.00. The van der Waals surface area contributed by atoms with Gasteiger partial charge in [-0.2, -0.15) is 0 Å². The summed E-state index contributed by atoms with van der Waals surface area (Å²) >= 11 is 8.79. The summed E-state index contributed by atoms with van der Waals surface area (Å²) < 4.78 is 0.590. The number of nitrogens with two attached hydrogens (primary N) is 1. The maximum absolute atomic E-state index is 10.5. The highest BCUT2D eigenvalue weighted by Crippen LogP contribution is 2.27. The molecule has 0 aliphatic heterocycles. The first-order valence-corrected chi connectivity index (χ1v) is 4.17. The highest BCUT2D eigenvalue weighted by molar-refractivity contribution is 9.10. The lowest BCUT2D eigenvalue weighted by molar-refractivity contribution is 0.0698. The van der Waals surface area contributed by atoms with Crippen LogP contribution in [0.25, 0.3) is 0 Å². The van der Waals surface area contributed by atoms with Gasteiger partial charge < -0.3 is 10.8 Å². The molecule has 0 unspecified atom stereocenters. The minimum absolute atomic E-state index is 0.0169. The van der Waals surface area contributed by atoms with Gasteiger partial charge in [-0.05, 0) is 28.1 Å². The minimum Gasteiger partial charge on any atom is -0.478 e. The first kappa shape index (κ1) is 9.35. The summed E-state index contributed by atoms with van der Waals surface area (Å²) in [5, 5.41) is 8.96. The van der Waals surface area contributed by atoms with Crippen LogP contribution in [-0.2, 0) is 0 Å². The van der Waals surface area contributed by atoms with Gasteiger partial charge in [0.2, 0.25) is 0 Å². The van der Waals surface area contributed by atoms with Gasteiger partial charge >= 0.3 is 5.97 Å². The van der Waals surface area contributed by atoms with Crippen molar-refractivity contribution in [1.82, 2.24) is 0 Å². The van der Waals surface area contributed by atoms with Crippen LogP contribution >= 0.6 is 27.5 Å². The van der Waals surface area contributed by atoms with Crippen molar-refractivity contribution < 1.29 is 9.90 Å². The zero-order valence-electron chi connectivity index (χ0n) is 5.84. The Labute approximate surface area is 82.3 Å². The second-order valence-corrected chi connectivity index (χ2v) is 3.42. The average molecular weight is 251 g/mol. The van der Waals surface area contributed by atoms with Crippen LogP contribution in [0.2, 0.25) is 5.02 Å². The molecule has 64 valence electrons. The molecule has 0 fully saturated rings. The second-order valence-electron chi connectivity index (χ2n) is 2.16. The fraction of sp³-hybridized carbons (Fsp3) is 0. The van der Waals surface area contributed by atoms with Gasteiger partial charge in [0.05, 0.1) is 10.6 Å². The second kappa shape index (κ2) is 3.33. The summed E-state index contributed by atoms with van der Waals surface area (Å²) in [6, 6.07) is 2.77. The maximum Gasteiger partial charge on any atom is 0.337 e. The van der Waals surface area contributed by atoms with Gasteiger partial charge in [-0.1, -0.05) is 11.6 Å². The first-order chi connectivity index (χ1) is 5.52. The van der Waals surface area contributed by atoms with E-state index in [0.29, 0.717) is 9.50 Å². The Balaban J connectivity index is 3.33. The molecule has 0 saturated heterocycles. The van der Waals surface area contributed by atoms with E-state index in [1.54, 1.807) is 0 Å². The molecule has 0 radical (unpaired) electrons. The predicted octanol–water partition coefficient (Wildman–Crippen LogP) is 2.38. The van der Waals surface area contributed by atoms with Gasteiger partial charge in [0, 0.05) is 10.2 Å². The fourth-order valence-electron chi connectivity index (χ4n) is 0.747. The van der Waals surface area contributed by atoms with Crippen LogP contribution in [0.1, 0.15) is 10.4 Å². The molecule has 0 aliphatic rings. The number of benzene rings is 1. The third-order valence-corrected chi connectivity index (χ3v) is 2.52. The van der Waals surface area contributed by atoms with E-state index in [2.05, 4.69) is 15.9 Å². The maximum atomic E-state index is 10.5. The van der Waals surface area contributed by atoms with E-state index in [-0.39, 0.29) is 11.3 Å². The van der Waals surface area contributed by atoms with Crippen molar-refractivity contribution in [2.75, 3.05) is 5.73 Å². The van der Waals surface area contributed by atoms with Crippen LogP contribution in [-0.4, -0.2) is 11.1 Å². The Morgan fingerprint density at radius 3 is 2.67 bits per heavy atom. The number of carboxylic acids is 1. The summed E-state index contributed by atoms with van der Waals surface area (Å²) in [6.07, 6.45) is 0. The van der Waals surface area contributed by atoms with E-state index < -0.39 is 5.97 Å². The number of aromatic carboxylic acids is 1. The topological polar surface area (TPSA) is 63.3 Å². The van der Waals surface area contributed by atoms with E-state index >= 15 is 0 Å². The number of halogens is 2. The Bertz CT molecular complexity index is 340. The van der Waals surface area contributed by atoms with E-state index in [1.165, 1.54) is 12.1 Å². The zero-order valence-corrected chi connectivity index (χ0v) is 8.19. The highest BCUT2D eigenvalue weighted by atomic mass is 79.9. The van der Waals surface area contributed by atoms with Gasteiger partial charge in [0.25, 0.3) is 0 Å². The molecule has 3 N–H and O–H groups in total. The van der Waals surface area contributed by atoms with Gasteiger partial charge in [-0.25, -0.2) is 4.79 Å². The van der Waals surface area contributed by atoms with Crippen molar-refractivity contribution >= 4 is 39.2 Å². The summed E-state index contributed by atoms with van der Waals surface area (Å²) in [5.41, 5.74) is 5.63. The average Bonchev–Trinajstić information content (AvgIpc) is 1.96. The molecule has 5 heteroatoms. The molecule has 0 aliphatic carbocycles. The van der Waals surface area contributed by atoms with Gasteiger partial charge in [-0.15, -0.1) is 0 Å². The number of hydrogen-bond donors (Lipinski definition) is 2. The van der Waals surface area contributed by atoms with Crippen molar-refractivity contribution in [3.05, 3.63) is 27.2 Å². The molecule has 12 heavy (non-hydrogen) atoms. The third-order valence-electron chi connectivity index (χ3n) is 1.32. The molecule has 1 aromatic carbocycles. The third kappa shape index (κ3) is 1.70. The monoisotopic (exact) mass is 250 g/mol. The summed E-state index contributed by atoms with van der Waals surface area (Å²) in [4.78, 5) is 10.5. The number of nitrogen functional groups attached to an aromatic ring is 1. The van der Waals surface area contributed by atoms with Crippen molar-refractivity contribution in [2.24, 2.45) is 0 Å². The largest absolute Gasteiger partial charge is 0.478 e. The number of anilines is 1. The van der Waals surface area contributed by atoms with E-state index in [4.69, 9.17) is 22.4 Å². The molecule has 1 rings (SSSR count). The number of carboxylic acid groups (broad SMARTS) is 1. The van der Waals surface area contributed by atoms with Crippen LogP contribution in [0.3, 0.4) is 0 Å². The lowest BCUT2D eigenvalue weighted by Gasteiger charge is -2.02. The Kier molecular flexibility index (Phi) is 2.59. The molecule has 0 aromatic heterocycles. The molecule has 0 saturated carbocycles. The normalized spacial score (nSPS) is 9.83. The highest BCUT2D eigenvalue weighted by Gasteiger charge is 2.10. The molecule has 1 aromatic rings.